The third kappa shape index (κ3) is 1.50. The van der Waals surface area contributed by atoms with Gasteiger partial charge in [-0.25, -0.2) is 9.18 Å². The van der Waals surface area contributed by atoms with Gasteiger partial charge in [-0.3, -0.25) is 10.1 Å². The molecule has 72 valence electrons. The first-order valence-corrected chi connectivity index (χ1v) is 4.32. The molecule has 1 aliphatic heterocycles. The minimum atomic E-state index is -0.941. The Morgan fingerprint density at radius 1 is 1.38 bits per heavy atom. The lowest BCUT2D eigenvalue weighted by atomic mass is 9.84. The van der Waals surface area contributed by atoms with Crippen LogP contribution in [-0.2, 0) is 9.53 Å². The van der Waals surface area contributed by atoms with E-state index in [0.717, 1.165) is 0 Å². The summed E-state index contributed by atoms with van der Waals surface area (Å²) in [7, 11) is 0. The summed E-state index contributed by atoms with van der Waals surface area (Å²) < 4.78 is 17.8. The lowest BCUT2D eigenvalue weighted by Crippen LogP contribution is -2.52. The highest BCUT2D eigenvalue weighted by molar-refractivity contribution is 5.95. The second-order valence-electron chi connectivity index (χ2n) is 3.45. The predicted octanol–water partition coefficient (Wildman–Crippen LogP) is 0.760. The van der Waals surface area contributed by atoms with E-state index in [1.807, 2.05) is 5.32 Å². The van der Waals surface area contributed by atoms with E-state index in [0.29, 0.717) is 12.8 Å². The molecule has 2 fully saturated rings. The van der Waals surface area contributed by atoms with E-state index in [1.165, 1.54) is 0 Å². The van der Waals surface area contributed by atoms with Crippen molar-refractivity contribution in [1.29, 1.82) is 0 Å². The molecule has 1 heterocycles. The molecule has 3 atom stereocenters. The Kier molecular flexibility index (Phi) is 1.94. The van der Waals surface area contributed by atoms with E-state index < -0.39 is 30.2 Å². The van der Waals surface area contributed by atoms with Gasteiger partial charge in [-0.2, -0.15) is 0 Å². The van der Waals surface area contributed by atoms with E-state index in [4.69, 9.17) is 4.74 Å². The van der Waals surface area contributed by atoms with Crippen LogP contribution in [0.5, 0.6) is 0 Å². The fourth-order valence-corrected chi connectivity index (χ4v) is 1.87. The molecule has 1 aliphatic carbocycles. The normalized spacial score (nSPS) is 39.0. The van der Waals surface area contributed by atoms with Gasteiger partial charge in [0.15, 0.2) is 0 Å². The second kappa shape index (κ2) is 2.97. The van der Waals surface area contributed by atoms with Crippen LogP contribution in [-0.4, -0.2) is 24.3 Å². The predicted molar refractivity (Wildman–Crippen MR) is 40.6 cm³/mol. The Bertz CT molecular complexity index is 256. The van der Waals surface area contributed by atoms with Crippen LogP contribution in [0.3, 0.4) is 0 Å². The average Bonchev–Trinajstić information content (AvgIpc) is 2.06. The number of carbonyl (C=O) groups is 2. The highest BCUT2D eigenvalue weighted by Gasteiger charge is 2.41. The summed E-state index contributed by atoms with van der Waals surface area (Å²) >= 11 is 0. The Morgan fingerprint density at radius 3 is 2.92 bits per heavy atom. The van der Waals surface area contributed by atoms with Crippen molar-refractivity contribution >= 4 is 12.0 Å². The fourth-order valence-electron chi connectivity index (χ4n) is 1.87. The van der Waals surface area contributed by atoms with E-state index in [-0.39, 0.29) is 6.42 Å². The molecule has 0 aromatic heterocycles. The van der Waals surface area contributed by atoms with Crippen molar-refractivity contribution in [2.24, 2.45) is 5.92 Å². The molecule has 0 radical (unpaired) electrons. The van der Waals surface area contributed by atoms with Crippen LogP contribution in [0, 0.1) is 5.92 Å². The Labute approximate surface area is 74.4 Å². The zero-order valence-electron chi connectivity index (χ0n) is 6.96. The number of amides is 2. The molecule has 2 amide bonds. The van der Waals surface area contributed by atoms with Crippen LogP contribution >= 0.6 is 0 Å². The summed E-state index contributed by atoms with van der Waals surface area (Å²) in [5.74, 6) is -0.884. The molecule has 3 unspecified atom stereocenters. The summed E-state index contributed by atoms with van der Waals surface area (Å²) in [4.78, 5) is 22.0. The lowest BCUT2D eigenvalue weighted by Gasteiger charge is -2.34. The molecule has 1 saturated carbocycles. The molecule has 0 spiro atoms. The zero-order valence-corrected chi connectivity index (χ0v) is 6.96. The van der Waals surface area contributed by atoms with Gasteiger partial charge in [0.25, 0.3) is 0 Å². The van der Waals surface area contributed by atoms with E-state index >= 15 is 0 Å². The van der Waals surface area contributed by atoms with Crippen LogP contribution in [0.15, 0.2) is 0 Å². The number of carbonyl (C=O) groups excluding carboxylic acids is 2. The number of alkyl carbamates (subject to hydrolysis) is 1. The van der Waals surface area contributed by atoms with Gasteiger partial charge in [-0.05, 0) is 19.3 Å². The molecule has 0 bridgehead atoms. The number of rotatable bonds is 0. The fraction of sp³-hybridized carbons (Fsp3) is 0.750. The molecule has 2 aliphatic rings. The SMILES string of the molecule is O=C1NC(=O)C2CC(F)CCC2O1. The molecule has 4 nitrogen and oxygen atoms in total. The van der Waals surface area contributed by atoms with E-state index in [1.54, 1.807) is 0 Å². The molecule has 1 saturated heterocycles. The van der Waals surface area contributed by atoms with Crippen molar-refractivity contribution < 1.29 is 18.7 Å². The maximum atomic E-state index is 12.9. The highest BCUT2D eigenvalue weighted by Crippen LogP contribution is 2.31. The maximum absolute atomic E-state index is 12.9. The first-order chi connectivity index (χ1) is 6.16. The third-order valence-corrected chi connectivity index (χ3v) is 2.54. The number of ether oxygens (including phenoxy) is 1. The Hall–Kier alpha value is -1.13. The highest BCUT2D eigenvalue weighted by atomic mass is 19.1. The largest absolute Gasteiger partial charge is 0.445 e. The summed E-state index contributed by atoms with van der Waals surface area (Å²) in [6, 6.07) is 0. The van der Waals surface area contributed by atoms with Crippen molar-refractivity contribution in [1.82, 2.24) is 5.32 Å². The number of halogens is 1. The van der Waals surface area contributed by atoms with Crippen molar-refractivity contribution in [2.75, 3.05) is 0 Å². The van der Waals surface area contributed by atoms with Crippen molar-refractivity contribution in [3.63, 3.8) is 0 Å². The Balaban J connectivity index is 2.11. The van der Waals surface area contributed by atoms with Gasteiger partial charge in [0.2, 0.25) is 5.91 Å². The minimum absolute atomic E-state index is 0.170. The van der Waals surface area contributed by atoms with Crippen LogP contribution in [0.1, 0.15) is 19.3 Å². The topological polar surface area (TPSA) is 55.4 Å². The quantitative estimate of drug-likeness (QED) is 0.609. The van der Waals surface area contributed by atoms with Crippen molar-refractivity contribution in [3.8, 4) is 0 Å². The lowest BCUT2D eigenvalue weighted by molar-refractivity contribution is -0.135. The van der Waals surface area contributed by atoms with E-state index in [9.17, 15) is 14.0 Å². The van der Waals surface area contributed by atoms with Crippen molar-refractivity contribution in [3.05, 3.63) is 0 Å². The van der Waals surface area contributed by atoms with Gasteiger partial charge < -0.3 is 4.74 Å². The number of hydrogen-bond donors (Lipinski definition) is 1. The van der Waals surface area contributed by atoms with Crippen LogP contribution in [0.2, 0.25) is 0 Å². The average molecular weight is 187 g/mol. The van der Waals surface area contributed by atoms with Gasteiger partial charge in [-0.1, -0.05) is 0 Å². The van der Waals surface area contributed by atoms with Crippen LogP contribution < -0.4 is 5.32 Å². The first-order valence-electron chi connectivity index (χ1n) is 4.32. The second-order valence-corrected chi connectivity index (χ2v) is 3.45. The number of alkyl halides is 1. The number of fused-ring (bicyclic) bond motifs is 1. The first kappa shape index (κ1) is 8.47. The maximum Gasteiger partial charge on any atom is 0.414 e. The Morgan fingerprint density at radius 2 is 2.15 bits per heavy atom. The van der Waals surface area contributed by atoms with Gasteiger partial charge in [0.1, 0.15) is 12.3 Å². The van der Waals surface area contributed by atoms with Gasteiger partial charge in [0.05, 0.1) is 5.92 Å². The van der Waals surface area contributed by atoms with Gasteiger partial charge in [-0.15, -0.1) is 0 Å². The summed E-state index contributed by atoms with van der Waals surface area (Å²) in [5.41, 5.74) is 0. The molecular weight excluding hydrogens is 177 g/mol. The number of hydrogen-bond acceptors (Lipinski definition) is 3. The van der Waals surface area contributed by atoms with Crippen LogP contribution in [0.25, 0.3) is 0 Å². The van der Waals surface area contributed by atoms with Crippen LogP contribution in [0.4, 0.5) is 9.18 Å². The molecular formula is C8H10FNO3. The molecule has 0 aromatic carbocycles. The monoisotopic (exact) mass is 187 g/mol. The third-order valence-electron chi connectivity index (χ3n) is 2.54. The smallest absolute Gasteiger partial charge is 0.414 e. The molecule has 1 N–H and O–H groups in total. The van der Waals surface area contributed by atoms with E-state index in [2.05, 4.69) is 0 Å². The minimum Gasteiger partial charge on any atom is -0.445 e. The van der Waals surface area contributed by atoms with Gasteiger partial charge in [0, 0.05) is 0 Å². The van der Waals surface area contributed by atoms with Gasteiger partial charge >= 0.3 is 6.09 Å². The standard InChI is InChI=1S/C8H10FNO3/c9-4-1-2-6-5(3-4)7(11)10-8(12)13-6/h4-6H,1-3H2,(H,10,11,12). The summed E-state index contributed by atoms with van der Waals surface area (Å²) in [6.45, 7) is 0. The van der Waals surface area contributed by atoms with Crippen molar-refractivity contribution in [2.45, 2.75) is 31.5 Å². The number of imide groups is 1. The number of nitrogens with one attached hydrogen (secondary N) is 1. The summed E-state index contributed by atoms with van der Waals surface area (Å²) in [5, 5.41) is 2.03. The molecule has 13 heavy (non-hydrogen) atoms. The molecule has 2 rings (SSSR count). The molecule has 0 aromatic rings. The molecule has 5 heteroatoms. The summed E-state index contributed by atoms with van der Waals surface area (Å²) in [6.07, 6.45) is -1.06. The zero-order chi connectivity index (χ0) is 9.42.